The Morgan fingerprint density at radius 3 is 3.00 bits per heavy atom. The average Bonchev–Trinajstić information content (AvgIpc) is 2.69. The van der Waals surface area contributed by atoms with Crippen LogP contribution in [0.4, 0.5) is 5.69 Å². The number of nitrogens with one attached hydrogen (secondary N) is 1. The first-order valence-electron chi connectivity index (χ1n) is 6.45. The van der Waals surface area contributed by atoms with Crippen molar-refractivity contribution in [1.29, 1.82) is 0 Å². The molecular formula is C14H14N2O2. The van der Waals surface area contributed by atoms with Crippen LogP contribution in [-0.2, 0) is 9.59 Å². The predicted molar refractivity (Wildman–Crippen MR) is 66.3 cm³/mol. The van der Waals surface area contributed by atoms with Gasteiger partial charge in [0.15, 0.2) is 11.4 Å². The molecule has 0 aromatic heterocycles. The van der Waals surface area contributed by atoms with E-state index in [1.54, 1.807) is 4.90 Å². The van der Waals surface area contributed by atoms with Gasteiger partial charge in [0.25, 0.3) is 0 Å². The van der Waals surface area contributed by atoms with E-state index >= 15 is 0 Å². The molecule has 1 N–H and O–H groups in total. The van der Waals surface area contributed by atoms with E-state index in [0.717, 1.165) is 24.2 Å². The van der Waals surface area contributed by atoms with Gasteiger partial charge in [0.2, 0.25) is 5.91 Å². The minimum Gasteiger partial charge on any atom is -0.295 e. The Labute approximate surface area is 105 Å². The van der Waals surface area contributed by atoms with Crippen molar-refractivity contribution in [2.75, 3.05) is 11.4 Å². The summed E-state index contributed by atoms with van der Waals surface area (Å²) in [5.74, 6) is 0.201. The molecule has 0 unspecified atom stereocenters. The molecule has 2 bridgehead atoms. The standard InChI is InChI=1S/C14H14N2O2/c17-12-5-7-14-13(18)10(6-8-15-14)9-3-1-2-4-11(9)16(12)14/h1-4,10,15H,5-8H2/t10-,14+/m1/s1. The van der Waals surface area contributed by atoms with Crippen molar-refractivity contribution in [3.8, 4) is 0 Å². The highest BCUT2D eigenvalue weighted by Crippen LogP contribution is 2.48. The summed E-state index contributed by atoms with van der Waals surface area (Å²) >= 11 is 0. The molecule has 0 saturated carbocycles. The Hall–Kier alpha value is -1.68. The van der Waals surface area contributed by atoms with Gasteiger partial charge in [-0.3, -0.25) is 19.8 Å². The molecular weight excluding hydrogens is 228 g/mol. The number of Topliss-reactive ketones (excluding diaryl/α,β-unsaturated/α-hetero) is 1. The molecule has 1 spiro atoms. The second-order valence-corrected chi connectivity index (χ2v) is 5.28. The second kappa shape index (κ2) is 3.20. The molecule has 3 aliphatic rings. The fourth-order valence-electron chi connectivity index (χ4n) is 3.68. The highest BCUT2D eigenvalue weighted by molar-refractivity contribution is 6.13. The van der Waals surface area contributed by atoms with Crippen LogP contribution in [0.2, 0.25) is 0 Å². The van der Waals surface area contributed by atoms with Crippen LogP contribution >= 0.6 is 0 Å². The Balaban J connectivity index is 2.02. The molecule has 0 radical (unpaired) electrons. The van der Waals surface area contributed by atoms with E-state index < -0.39 is 5.66 Å². The lowest BCUT2D eigenvalue weighted by Gasteiger charge is -2.48. The van der Waals surface area contributed by atoms with Gasteiger partial charge < -0.3 is 0 Å². The van der Waals surface area contributed by atoms with Crippen LogP contribution in [0, 0.1) is 0 Å². The number of ketones is 1. The van der Waals surface area contributed by atoms with Crippen LogP contribution in [0.5, 0.6) is 0 Å². The fourth-order valence-corrected chi connectivity index (χ4v) is 3.68. The quantitative estimate of drug-likeness (QED) is 0.743. The number of anilines is 1. The number of rotatable bonds is 0. The summed E-state index contributed by atoms with van der Waals surface area (Å²) in [6.45, 7) is 0.800. The number of nitrogens with zero attached hydrogens (tertiary/aromatic N) is 1. The first-order chi connectivity index (χ1) is 8.74. The molecule has 1 aromatic carbocycles. The smallest absolute Gasteiger partial charge is 0.229 e. The van der Waals surface area contributed by atoms with Crippen molar-refractivity contribution >= 4 is 17.4 Å². The first-order valence-corrected chi connectivity index (χ1v) is 6.45. The number of benzene rings is 1. The van der Waals surface area contributed by atoms with Gasteiger partial charge in [0, 0.05) is 24.4 Å². The maximum absolute atomic E-state index is 12.7. The highest BCUT2D eigenvalue weighted by Gasteiger charge is 2.58. The molecule has 0 aliphatic carbocycles. The summed E-state index contributed by atoms with van der Waals surface area (Å²) in [7, 11) is 0. The Morgan fingerprint density at radius 2 is 2.11 bits per heavy atom. The number of fused-ring (bicyclic) bond motifs is 4. The molecule has 4 heteroatoms. The molecule has 3 aliphatic heterocycles. The van der Waals surface area contributed by atoms with E-state index in [0.29, 0.717) is 12.8 Å². The lowest BCUT2D eigenvalue weighted by atomic mass is 9.76. The summed E-state index contributed by atoms with van der Waals surface area (Å²) in [5, 5.41) is 3.30. The SMILES string of the molecule is O=C1CC[C@@]23NCC[C@@H](C2=O)c2ccccc2N13. The van der Waals surface area contributed by atoms with Crippen LogP contribution in [0.15, 0.2) is 24.3 Å². The van der Waals surface area contributed by atoms with Gasteiger partial charge in [-0.15, -0.1) is 0 Å². The van der Waals surface area contributed by atoms with E-state index in [4.69, 9.17) is 0 Å². The zero-order valence-corrected chi connectivity index (χ0v) is 9.98. The molecule has 4 rings (SSSR count). The minimum absolute atomic E-state index is 0.0374. The molecule has 2 fully saturated rings. The van der Waals surface area contributed by atoms with Crippen molar-refractivity contribution in [2.45, 2.75) is 30.8 Å². The number of piperidine rings is 1. The van der Waals surface area contributed by atoms with Crippen molar-refractivity contribution in [3.63, 3.8) is 0 Å². The Morgan fingerprint density at radius 1 is 1.28 bits per heavy atom. The van der Waals surface area contributed by atoms with Crippen molar-refractivity contribution in [3.05, 3.63) is 29.8 Å². The van der Waals surface area contributed by atoms with Gasteiger partial charge in [0.05, 0.1) is 0 Å². The van der Waals surface area contributed by atoms with Gasteiger partial charge in [-0.2, -0.15) is 0 Å². The maximum atomic E-state index is 12.7. The monoisotopic (exact) mass is 242 g/mol. The van der Waals surface area contributed by atoms with E-state index in [1.165, 1.54) is 0 Å². The van der Waals surface area contributed by atoms with Crippen LogP contribution in [0.3, 0.4) is 0 Å². The molecule has 3 heterocycles. The zero-order valence-electron chi connectivity index (χ0n) is 9.98. The van der Waals surface area contributed by atoms with E-state index in [9.17, 15) is 9.59 Å². The van der Waals surface area contributed by atoms with E-state index in [-0.39, 0.29) is 17.6 Å². The molecule has 4 nitrogen and oxygen atoms in total. The normalized spacial score (nSPS) is 33.3. The number of para-hydroxylation sites is 1. The maximum Gasteiger partial charge on any atom is 0.229 e. The number of carbonyl (C=O) groups is 2. The summed E-state index contributed by atoms with van der Waals surface area (Å²) in [6.07, 6.45) is 1.90. The van der Waals surface area contributed by atoms with Crippen LogP contribution < -0.4 is 10.2 Å². The van der Waals surface area contributed by atoms with E-state index in [2.05, 4.69) is 5.32 Å². The lowest BCUT2D eigenvalue weighted by molar-refractivity contribution is -0.130. The predicted octanol–water partition coefficient (Wildman–Crippen LogP) is 1.17. The first kappa shape index (κ1) is 10.3. The third-order valence-corrected chi connectivity index (χ3v) is 4.46. The zero-order chi connectivity index (χ0) is 12.3. The molecule has 1 aromatic rings. The number of carbonyl (C=O) groups excluding carboxylic acids is 2. The number of hydrogen-bond donors (Lipinski definition) is 1. The summed E-state index contributed by atoms with van der Waals surface area (Å²) in [5.41, 5.74) is 1.21. The molecule has 92 valence electrons. The summed E-state index contributed by atoms with van der Waals surface area (Å²) in [6, 6.07) is 7.82. The van der Waals surface area contributed by atoms with Gasteiger partial charge in [-0.05, 0) is 24.6 Å². The largest absolute Gasteiger partial charge is 0.295 e. The number of amides is 1. The van der Waals surface area contributed by atoms with Gasteiger partial charge >= 0.3 is 0 Å². The number of hydrogen-bond acceptors (Lipinski definition) is 3. The molecule has 2 atom stereocenters. The second-order valence-electron chi connectivity index (χ2n) is 5.28. The van der Waals surface area contributed by atoms with Crippen LogP contribution in [0.1, 0.15) is 30.7 Å². The highest BCUT2D eigenvalue weighted by atomic mass is 16.2. The Kier molecular flexibility index (Phi) is 1.83. The van der Waals surface area contributed by atoms with Gasteiger partial charge in [-0.25, -0.2) is 0 Å². The van der Waals surface area contributed by atoms with Gasteiger partial charge in [0.1, 0.15) is 0 Å². The Bertz CT molecular complexity index is 569. The van der Waals surface area contributed by atoms with Crippen molar-refractivity contribution < 1.29 is 9.59 Å². The third kappa shape index (κ3) is 1.00. The van der Waals surface area contributed by atoms with Crippen molar-refractivity contribution in [2.24, 2.45) is 0 Å². The van der Waals surface area contributed by atoms with Crippen molar-refractivity contribution in [1.82, 2.24) is 5.32 Å². The van der Waals surface area contributed by atoms with E-state index in [1.807, 2.05) is 24.3 Å². The van der Waals surface area contributed by atoms with Gasteiger partial charge in [-0.1, -0.05) is 18.2 Å². The summed E-state index contributed by atoms with van der Waals surface area (Å²) in [4.78, 5) is 26.5. The summed E-state index contributed by atoms with van der Waals surface area (Å²) < 4.78 is 0. The fraction of sp³-hybridized carbons (Fsp3) is 0.429. The lowest BCUT2D eigenvalue weighted by Crippen LogP contribution is -2.68. The third-order valence-electron chi connectivity index (χ3n) is 4.46. The topological polar surface area (TPSA) is 49.4 Å². The molecule has 1 amide bonds. The van der Waals surface area contributed by atoms with Crippen LogP contribution in [0.25, 0.3) is 0 Å². The minimum atomic E-state index is -0.742. The molecule has 2 saturated heterocycles. The average molecular weight is 242 g/mol. The van der Waals surface area contributed by atoms with Crippen LogP contribution in [-0.4, -0.2) is 23.9 Å². The molecule has 18 heavy (non-hydrogen) atoms.